The van der Waals surface area contributed by atoms with Crippen molar-refractivity contribution >= 4 is 17.5 Å². The van der Waals surface area contributed by atoms with Gasteiger partial charge in [0.2, 0.25) is 5.91 Å². The van der Waals surface area contributed by atoms with Crippen LogP contribution < -0.4 is 5.32 Å². The van der Waals surface area contributed by atoms with Crippen molar-refractivity contribution in [1.29, 1.82) is 0 Å². The van der Waals surface area contributed by atoms with Gasteiger partial charge in [-0.05, 0) is 35.5 Å². The Morgan fingerprint density at radius 2 is 1.72 bits per heavy atom. The van der Waals surface area contributed by atoms with Gasteiger partial charge >= 0.3 is 0 Å². The number of carbonyl (C=O) groups excluding carboxylic acids is 1. The van der Waals surface area contributed by atoms with E-state index in [0.29, 0.717) is 11.8 Å². The summed E-state index contributed by atoms with van der Waals surface area (Å²) in [5.41, 5.74) is 0.275. The van der Waals surface area contributed by atoms with Crippen LogP contribution in [0.2, 0.25) is 0 Å². The summed E-state index contributed by atoms with van der Waals surface area (Å²) < 4.78 is 0. The smallest absolute Gasteiger partial charge is 0.224 e. The third kappa shape index (κ3) is 2.17. The molecule has 2 atom stereocenters. The summed E-state index contributed by atoms with van der Waals surface area (Å²) >= 11 is 5.97. The molecule has 0 aromatic rings. The lowest BCUT2D eigenvalue weighted by molar-refractivity contribution is -0.123. The van der Waals surface area contributed by atoms with Gasteiger partial charge in [-0.3, -0.25) is 4.79 Å². The van der Waals surface area contributed by atoms with E-state index < -0.39 is 0 Å². The van der Waals surface area contributed by atoms with Crippen LogP contribution in [0.5, 0.6) is 0 Å². The highest BCUT2D eigenvalue weighted by Gasteiger charge is 2.68. The Balaban J connectivity index is 1.83. The maximum atomic E-state index is 12.2. The SMILES string of the molecule is CC1(C)C(C(=O)NCC2CCCC2CCl)C1(C)C. The van der Waals surface area contributed by atoms with Gasteiger partial charge in [0.25, 0.3) is 0 Å². The lowest BCUT2D eigenvalue weighted by Crippen LogP contribution is -2.33. The van der Waals surface area contributed by atoms with E-state index in [1.54, 1.807) is 0 Å². The molecule has 0 heterocycles. The van der Waals surface area contributed by atoms with E-state index in [1.165, 1.54) is 19.3 Å². The largest absolute Gasteiger partial charge is 0.356 e. The van der Waals surface area contributed by atoms with Crippen molar-refractivity contribution in [2.75, 3.05) is 12.4 Å². The molecule has 2 fully saturated rings. The van der Waals surface area contributed by atoms with Crippen LogP contribution in [0.3, 0.4) is 0 Å². The van der Waals surface area contributed by atoms with Gasteiger partial charge in [-0.2, -0.15) is 0 Å². The minimum atomic E-state index is 0.138. The fourth-order valence-electron chi connectivity index (χ4n) is 3.77. The number of hydrogen-bond acceptors (Lipinski definition) is 1. The molecule has 2 rings (SSSR count). The Hall–Kier alpha value is -0.240. The molecule has 0 bridgehead atoms. The standard InChI is InChI=1S/C15H26ClNO/c1-14(2)12(15(14,3)4)13(18)17-9-11-7-5-6-10(11)8-16/h10-12H,5-9H2,1-4H3,(H,17,18). The van der Waals surface area contributed by atoms with Crippen LogP contribution in [0.15, 0.2) is 0 Å². The lowest BCUT2D eigenvalue weighted by atomic mass is 9.98. The minimum Gasteiger partial charge on any atom is -0.356 e. The maximum absolute atomic E-state index is 12.2. The molecular weight excluding hydrogens is 246 g/mol. The van der Waals surface area contributed by atoms with Gasteiger partial charge < -0.3 is 5.32 Å². The van der Waals surface area contributed by atoms with Crippen molar-refractivity contribution in [2.24, 2.45) is 28.6 Å². The highest BCUT2D eigenvalue weighted by Crippen LogP contribution is 2.68. The van der Waals surface area contributed by atoms with Crippen molar-refractivity contribution in [1.82, 2.24) is 5.32 Å². The van der Waals surface area contributed by atoms with Crippen LogP contribution in [0.1, 0.15) is 47.0 Å². The first-order valence-electron chi connectivity index (χ1n) is 7.16. The molecule has 2 saturated carbocycles. The van der Waals surface area contributed by atoms with Crippen molar-refractivity contribution in [2.45, 2.75) is 47.0 Å². The van der Waals surface area contributed by atoms with E-state index in [4.69, 9.17) is 11.6 Å². The van der Waals surface area contributed by atoms with Gasteiger partial charge in [0.15, 0.2) is 0 Å². The fourth-order valence-corrected chi connectivity index (χ4v) is 4.18. The summed E-state index contributed by atoms with van der Waals surface area (Å²) in [7, 11) is 0. The number of nitrogens with one attached hydrogen (secondary N) is 1. The molecule has 3 heteroatoms. The van der Waals surface area contributed by atoms with Crippen molar-refractivity contribution in [3.63, 3.8) is 0 Å². The molecule has 2 aliphatic carbocycles. The molecule has 104 valence electrons. The molecule has 2 unspecified atom stereocenters. The van der Waals surface area contributed by atoms with E-state index in [1.807, 2.05) is 0 Å². The second-order valence-electron chi connectivity index (χ2n) is 7.23. The molecule has 0 aromatic heterocycles. The Morgan fingerprint density at radius 1 is 1.17 bits per heavy atom. The van der Waals surface area contributed by atoms with Gasteiger partial charge in [-0.25, -0.2) is 0 Å². The number of hydrogen-bond donors (Lipinski definition) is 1. The molecular formula is C15H26ClNO. The van der Waals surface area contributed by atoms with E-state index in [0.717, 1.165) is 12.4 Å². The molecule has 2 aliphatic rings. The van der Waals surface area contributed by atoms with Gasteiger partial charge in [-0.1, -0.05) is 34.1 Å². The quantitative estimate of drug-likeness (QED) is 0.780. The van der Waals surface area contributed by atoms with Crippen molar-refractivity contribution in [3.05, 3.63) is 0 Å². The first-order valence-corrected chi connectivity index (χ1v) is 7.69. The van der Waals surface area contributed by atoms with E-state index >= 15 is 0 Å². The molecule has 0 saturated heterocycles. The van der Waals surface area contributed by atoms with Crippen LogP contribution >= 0.6 is 11.6 Å². The Bertz CT molecular complexity index is 323. The molecule has 1 N–H and O–H groups in total. The van der Waals surface area contributed by atoms with Crippen LogP contribution in [0.25, 0.3) is 0 Å². The number of amides is 1. The number of carbonyl (C=O) groups is 1. The fraction of sp³-hybridized carbons (Fsp3) is 0.933. The highest BCUT2D eigenvalue weighted by atomic mass is 35.5. The van der Waals surface area contributed by atoms with Crippen molar-refractivity contribution in [3.8, 4) is 0 Å². The second-order valence-corrected chi connectivity index (χ2v) is 7.54. The minimum absolute atomic E-state index is 0.138. The van der Waals surface area contributed by atoms with Crippen LogP contribution in [-0.4, -0.2) is 18.3 Å². The predicted molar refractivity (Wildman–Crippen MR) is 75.6 cm³/mol. The zero-order valence-electron chi connectivity index (χ0n) is 12.1. The maximum Gasteiger partial charge on any atom is 0.224 e. The summed E-state index contributed by atoms with van der Waals surface area (Å²) in [4.78, 5) is 12.2. The van der Waals surface area contributed by atoms with Crippen LogP contribution in [0, 0.1) is 28.6 Å². The average Bonchev–Trinajstić information content (AvgIpc) is 2.67. The molecule has 0 spiro atoms. The van der Waals surface area contributed by atoms with E-state index in [9.17, 15) is 4.79 Å². The van der Waals surface area contributed by atoms with Gasteiger partial charge in [0, 0.05) is 18.3 Å². The Labute approximate surface area is 116 Å². The lowest BCUT2D eigenvalue weighted by Gasteiger charge is -2.18. The highest BCUT2D eigenvalue weighted by molar-refractivity contribution is 6.18. The Morgan fingerprint density at radius 3 is 2.22 bits per heavy atom. The summed E-state index contributed by atoms with van der Waals surface area (Å²) in [5, 5.41) is 3.16. The summed E-state index contributed by atoms with van der Waals surface area (Å²) in [6, 6.07) is 0. The molecule has 0 aromatic carbocycles. The molecule has 2 nitrogen and oxygen atoms in total. The van der Waals surface area contributed by atoms with Crippen LogP contribution in [0.4, 0.5) is 0 Å². The summed E-state index contributed by atoms with van der Waals surface area (Å²) in [6.07, 6.45) is 3.71. The second kappa shape index (κ2) is 4.70. The molecule has 1 amide bonds. The van der Waals surface area contributed by atoms with Crippen LogP contribution in [-0.2, 0) is 4.79 Å². The normalized spacial score (nSPS) is 33.4. The zero-order chi connectivity index (χ0) is 13.6. The molecule has 0 aliphatic heterocycles. The topological polar surface area (TPSA) is 29.1 Å². The van der Waals surface area contributed by atoms with Gasteiger partial charge in [0.1, 0.15) is 0 Å². The summed E-state index contributed by atoms with van der Waals surface area (Å²) in [5.74, 6) is 2.34. The molecule has 18 heavy (non-hydrogen) atoms. The Kier molecular flexibility index (Phi) is 3.70. The van der Waals surface area contributed by atoms with Crippen molar-refractivity contribution < 1.29 is 4.79 Å². The number of alkyl halides is 1. The number of halogens is 1. The first-order chi connectivity index (χ1) is 8.32. The van der Waals surface area contributed by atoms with E-state index in [-0.39, 0.29) is 22.7 Å². The number of rotatable bonds is 4. The predicted octanol–water partition coefficient (Wildman–Crippen LogP) is 3.44. The third-order valence-electron chi connectivity index (χ3n) is 5.84. The average molecular weight is 272 g/mol. The van der Waals surface area contributed by atoms with E-state index in [2.05, 4.69) is 33.0 Å². The van der Waals surface area contributed by atoms with Gasteiger partial charge in [-0.15, -0.1) is 11.6 Å². The zero-order valence-corrected chi connectivity index (χ0v) is 12.8. The van der Waals surface area contributed by atoms with Gasteiger partial charge in [0.05, 0.1) is 0 Å². The monoisotopic (exact) mass is 271 g/mol. The first kappa shape index (κ1) is 14.2. The summed E-state index contributed by atoms with van der Waals surface area (Å²) in [6.45, 7) is 9.57. The third-order valence-corrected chi connectivity index (χ3v) is 6.23. The molecule has 0 radical (unpaired) electrons.